The Kier molecular flexibility index (Phi) is 11.6. The van der Waals surface area contributed by atoms with E-state index in [9.17, 15) is 30.0 Å². The summed E-state index contributed by atoms with van der Waals surface area (Å²) in [5, 5.41) is 0. The molecule has 0 spiro atoms. The molecule has 0 aromatic rings. The summed E-state index contributed by atoms with van der Waals surface area (Å²) in [4.78, 5) is 0. The Morgan fingerprint density at radius 2 is 1.81 bits per heavy atom. The smallest absolute Gasteiger partial charge is 0.428 e. The maximum absolute atomic E-state index is 12.3. The number of alkyl halides is 3. The van der Waals surface area contributed by atoms with Crippen molar-refractivity contribution in [3.05, 3.63) is 16.8 Å². The molecule has 0 aromatic carbocycles. The van der Waals surface area contributed by atoms with Crippen LogP contribution in [0.5, 0.6) is 0 Å². The highest BCUT2D eigenvalue weighted by molar-refractivity contribution is 8.12. The zero-order chi connectivity index (χ0) is 21.1. The van der Waals surface area contributed by atoms with Gasteiger partial charge in [0.15, 0.2) is 10.0 Å². The van der Waals surface area contributed by atoms with Crippen molar-refractivity contribution in [2.45, 2.75) is 31.4 Å². The Morgan fingerprint density at radius 3 is 2.30 bits per heavy atom. The van der Waals surface area contributed by atoms with Crippen LogP contribution in [0.15, 0.2) is 12.7 Å². The van der Waals surface area contributed by atoms with E-state index in [1.54, 1.807) is 6.08 Å². The molecule has 0 radical (unpaired) electrons. The summed E-state index contributed by atoms with van der Waals surface area (Å²) in [5.41, 5.74) is -5.78. The number of sulfonamides is 2. The van der Waals surface area contributed by atoms with Crippen LogP contribution in [0.4, 0.5) is 13.2 Å². The van der Waals surface area contributed by atoms with E-state index >= 15 is 0 Å². The maximum atomic E-state index is 12.3. The summed E-state index contributed by atoms with van der Waals surface area (Å²) in [6.07, 6.45) is 1.85. The summed E-state index contributed by atoms with van der Waals surface area (Å²) in [5.74, 6) is -1.73. The Hall–Kier alpha value is -0.730. The molecule has 0 aliphatic heterocycles. The molecule has 2 atom stereocenters. The van der Waals surface area contributed by atoms with Crippen LogP contribution in [0.25, 0.3) is 4.13 Å². The van der Waals surface area contributed by atoms with Crippen LogP contribution in [0.1, 0.15) is 19.8 Å². The molecule has 0 fully saturated rings. The van der Waals surface area contributed by atoms with E-state index in [-0.39, 0.29) is 32.3 Å². The second-order valence-corrected chi connectivity index (χ2v) is 9.09. The molecular formula is C14H25F3NO7S2-. The molecule has 0 aromatic heterocycles. The van der Waals surface area contributed by atoms with Gasteiger partial charge in [-0.15, -0.1) is 6.58 Å². The average molecular weight is 440 g/mol. The lowest BCUT2D eigenvalue weighted by Crippen LogP contribution is -2.29. The van der Waals surface area contributed by atoms with Gasteiger partial charge < -0.3 is 18.3 Å². The second-order valence-electron chi connectivity index (χ2n) is 5.58. The predicted molar refractivity (Wildman–Crippen MR) is 93.2 cm³/mol. The molecule has 8 nitrogen and oxygen atoms in total. The molecule has 2 unspecified atom stereocenters. The monoisotopic (exact) mass is 440 g/mol. The minimum absolute atomic E-state index is 0.110. The van der Waals surface area contributed by atoms with Gasteiger partial charge in [0.1, 0.15) is 0 Å². The topological polar surface area (TPSA) is 110 Å². The summed E-state index contributed by atoms with van der Waals surface area (Å²) < 4.78 is 100. The third-order valence-corrected chi connectivity index (χ3v) is 6.41. The minimum atomic E-state index is -6.14. The van der Waals surface area contributed by atoms with Crippen molar-refractivity contribution in [3.63, 3.8) is 0 Å². The molecule has 0 N–H and O–H groups in total. The highest BCUT2D eigenvalue weighted by atomic mass is 32.3. The second kappa shape index (κ2) is 12.0. The van der Waals surface area contributed by atoms with Gasteiger partial charge in [-0.2, -0.15) is 13.2 Å². The fourth-order valence-corrected chi connectivity index (χ4v) is 4.49. The van der Waals surface area contributed by atoms with E-state index in [1.165, 1.54) is 7.11 Å². The standard InChI is InChI=1S/C14H25F3NO7S2/c1-4-7-24-10-13(5-2)25-9-12(6-8-23-3)11-26(19,20)18-27(21,22)14(15,16)17/h4,12-13H,1,5-11H2,2-3H3/q-1. The number of halogens is 3. The van der Waals surface area contributed by atoms with Gasteiger partial charge in [-0.3, -0.25) is 0 Å². The van der Waals surface area contributed by atoms with Gasteiger partial charge in [-0.25, -0.2) is 16.8 Å². The van der Waals surface area contributed by atoms with Crippen molar-refractivity contribution in [2.75, 3.05) is 39.3 Å². The summed E-state index contributed by atoms with van der Waals surface area (Å²) in [6.45, 7) is 5.80. The number of hydrogen-bond acceptors (Lipinski definition) is 7. The van der Waals surface area contributed by atoms with Gasteiger partial charge in [-0.1, -0.05) is 13.0 Å². The van der Waals surface area contributed by atoms with Crippen molar-refractivity contribution in [1.29, 1.82) is 0 Å². The fraction of sp³-hybridized carbons (Fsp3) is 0.857. The molecule has 0 saturated carbocycles. The van der Waals surface area contributed by atoms with Gasteiger partial charge in [0.2, 0.25) is 0 Å². The zero-order valence-electron chi connectivity index (χ0n) is 15.1. The van der Waals surface area contributed by atoms with E-state index in [0.29, 0.717) is 13.0 Å². The molecule has 0 bridgehead atoms. The van der Waals surface area contributed by atoms with Crippen LogP contribution >= 0.6 is 0 Å². The van der Waals surface area contributed by atoms with Gasteiger partial charge in [0.05, 0.1) is 35.9 Å². The first-order valence-electron chi connectivity index (χ1n) is 7.96. The van der Waals surface area contributed by atoms with Crippen molar-refractivity contribution in [2.24, 2.45) is 5.92 Å². The molecule has 0 aliphatic carbocycles. The Bertz CT molecular complexity index is 636. The van der Waals surface area contributed by atoms with E-state index < -0.39 is 37.2 Å². The number of rotatable bonds is 15. The van der Waals surface area contributed by atoms with E-state index in [1.807, 2.05) is 6.92 Å². The van der Waals surface area contributed by atoms with E-state index in [0.717, 1.165) is 0 Å². The SMILES string of the molecule is C=CCOCC(CC)OCC(CCOC)CS(=O)(=O)[N-]S(=O)(=O)C(F)(F)F. The lowest BCUT2D eigenvalue weighted by atomic mass is 10.1. The molecule has 0 aliphatic rings. The van der Waals surface area contributed by atoms with Gasteiger partial charge in [0.25, 0.3) is 0 Å². The number of nitrogens with zero attached hydrogens (tertiary/aromatic N) is 1. The number of ether oxygens (including phenoxy) is 3. The third-order valence-electron chi connectivity index (χ3n) is 3.24. The van der Waals surface area contributed by atoms with Crippen LogP contribution in [-0.2, 0) is 34.3 Å². The first-order valence-corrected chi connectivity index (χ1v) is 11.0. The highest BCUT2D eigenvalue weighted by Crippen LogP contribution is 2.30. The van der Waals surface area contributed by atoms with Crippen molar-refractivity contribution in [3.8, 4) is 0 Å². The van der Waals surface area contributed by atoms with E-state index in [4.69, 9.17) is 14.2 Å². The van der Waals surface area contributed by atoms with Crippen LogP contribution in [0, 0.1) is 5.92 Å². The molecule has 0 amide bonds. The molecule has 0 saturated heterocycles. The van der Waals surface area contributed by atoms with Gasteiger partial charge in [-0.05, 0) is 18.8 Å². The normalized spacial score (nSPS) is 15.4. The summed E-state index contributed by atoms with van der Waals surface area (Å²) in [6, 6.07) is 0. The number of hydrogen-bond donors (Lipinski definition) is 0. The molecule has 27 heavy (non-hydrogen) atoms. The van der Waals surface area contributed by atoms with Crippen molar-refractivity contribution < 1.29 is 44.2 Å². The zero-order valence-corrected chi connectivity index (χ0v) is 16.8. The first-order chi connectivity index (χ1) is 12.4. The van der Waals surface area contributed by atoms with Crippen LogP contribution < -0.4 is 0 Å². The summed E-state index contributed by atoms with van der Waals surface area (Å²) in [7, 11) is -9.66. The van der Waals surface area contributed by atoms with E-state index in [2.05, 4.69) is 10.7 Å². The first kappa shape index (κ1) is 26.3. The Labute approximate surface area is 158 Å². The Morgan fingerprint density at radius 1 is 1.19 bits per heavy atom. The molecule has 0 heterocycles. The van der Waals surface area contributed by atoms with Crippen LogP contribution in [0.3, 0.4) is 0 Å². The fourth-order valence-electron chi connectivity index (χ4n) is 1.86. The lowest BCUT2D eigenvalue weighted by Gasteiger charge is -2.26. The Balaban J connectivity index is 4.95. The molecule has 0 rings (SSSR count). The predicted octanol–water partition coefficient (Wildman–Crippen LogP) is 2.19. The summed E-state index contributed by atoms with van der Waals surface area (Å²) >= 11 is 0. The van der Waals surface area contributed by atoms with Gasteiger partial charge >= 0.3 is 5.51 Å². The van der Waals surface area contributed by atoms with Crippen LogP contribution in [0.2, 0.25) is 0 Å². The molecule has 13 heteroatoms. The van der Waals surface area contributed by atoms with Gasteiger partial charge in [0, 0.05) is 19.5 Å². The molecule has 162 valence electrons. The van der Waals surface area contributed by atoms with Crippen molar-refractivity contribution >= 4 is 20.0 Å². The maximum Gasteiger partial charge on any atom is 0.480 e. The minimum Gasteiger partial charge on any atom is -0.428 e. The average Bonchev–Trinajstić information content (AvgIpc) is 2.53. The number of methoxy groups -OCH3 is 1. The highest BCUT2D eigenvalue weighted by Gasteiger charge is 2.40. The quantitative estimate of drug-likeness (QED) is 0.284. The molecular weight excluding hydrogens is 415 g/mol. The van der Waals surface area contributed by atoms with Crippen LogP contribution in [-0.4, -0.2) is 67.7 Å². The third kappa shape index (κ3) is 11.0. The van der Waals surface area contributed by atoms with Crippen molar-refractivity contribution in [1.82, 2.24) is 0 Å². The largest absolute Gasteiger partial charge is 0.480 e. The lowest BCUT2D eigenvalue weighted by molar-refractivity contribution is -0.0425.